The predicted molar refractivity (Wildman–Crippen MR) is 139 cm³/mol. The summed E-state index contributed by atoms with van der Waals surface area (Å²) in [5.41, 5.74) is 1.56. The molecule has 0 unspecified atom stereocenters. The normalized spacial score (nSPS) is 11.1. The first-order valence-corrected chi connectivity index (χ1v) is 13.5. The number of aromatic nitrogens is 2. The smallest absolute Gasteiger partial charge is 0.340 e. The number of anilines is 2. The van der Waals surface area contributed by atoms with Crippen LogP contribution in [0.1, 0.15) is 17.3 Å². The Morgan fingerprint density at radius 2 is 1.65 bits per heavy atom. The predicted octanol–water partition coefficient (Wildman–Crippen LogP) is 4.44. The number of nitrogens with zero attached hydrogens (tertiary/aromatic N) is 2. The number of benzene rings is 3. The summed E-state index contributed by atoms with van der Waals surface area (Å²) < 4.78 is 38.1. The fourth-order valence-corrected chi connectivity index (χ4v) is 4.81. The summed E-state index contributed by atoms with van der Waals surface area (Å²) in [6, 6.07) is 21.1. The Kier molecular flexibility index (Phi) is 8.21. The first-order chi connectivity index (χ1) is 17.9. The van der Waals surface area contributed by atoms with E-state index >= 15 is 0 Å². The van der Waals surface area contributed by atoms with Crippen molar-refractivity contribution in [2.45, 2.75) is 17.0 Å². The molecule has 3 aromatic carbocycles. The zero-order valence-electron chi connectivity index (χ0n) is 19.6. The quantitative estimate of drug-likeness (QED) is 0.221. The van der Waals surface area contributed by atoms with Crippen LogP contribution in [0.25, 0.3) is 11.5 Å². The molecule has 190 valence electrons. The topological polar surface area (TPSA) is 140 Å². The maximum atomic E-state index is 12.5. The number of carbonyl (C=O) groups is 2. The molecule has 0 saturated heterocycles. The van der Waals surface area contributed by atoms with E-state index in [2.05, 4.69) is 20.2 Å². The summed E-state index contributed by atoms with van der Waals surface area (Å²) in [5.74, 6) is -0.699. The number of thioether (sulfide) groups is 1. The molecule has 0 aliphatic rings. The van der Waals surface area contributed by atoms with Gasteiger partial charge in [-0.15, -0.1) is 10.2 Å². The van der Waals surface area contributed by atoms with E-state index < -0.39 is 16.0 Å². The molecule has 4 rings (SSSR count). The molecule has 37 heavy (non-hydrogen) atoms. The molecule has 10 nitrogen and oxygen atoms in total. The van der Waals surface area contributed by atoms with Crippen molar-refractivity contribution in [3.05, 3.63) is 84.4 Å². The van der Waals surface area contributed by atoms with E-state index in [0.717, 1.165) is 11.8 Å². The van der Waals surface area contributed by atoms with Gasteiger partial charge < -0.3 is 14.5 Å². The Hall–Kier alpha value is -4.16. The van der Waals surface area contributed by atoms with Gasteiger partial charge in [0.25, 0.3) is 15.2 Å². The second-order valence-electron chi connectivity index (χ2n) is 7.47. The lowest BCUT2D eigenvalue weighted by Gasteiger charge is -2.09. The fraction of sp³-hybridized carbons (Fsp3) is 0.120. The van der Waals surface area contributed by atoms with Crippen molar-refractivity contribution in [1.29, 1.82) is 0 Å². The van der Waals surface area contributed by atoms with E-state index in [1.165, 1.54) is 12.1 Å². The highest BCUT2D eigenvalue weighted by Gasteiger charge is 2.17. The van der Waals surface area contributed by atoms with E-state index in [4.69, 9.17) is 9.15 Å². The van der Waals surface area contributed by atoms with Crippen molar-refractivity contribution in [3.63, 3.8) is 0 Å². The summed E-state index contributed by atoms with van der Waals surface area (Å²) in [7, 11) is -3.70. The molecule has 0 spiro atoms. The molecular formula is C25H22N4O6S2. The zero-order valence-corrected chi connectivity index (χ0v) is 21.2. The minimum Gasteiger partial charge on any atom is -0.462 e. The summed E-state index contributed by atoms with van der Waals surface area (Å²) in [6.45, 7) is 1.93. The zero-order chi connectivity index (χ0) is 26.3. The molecule has 0 aliphatic carbocycles. The molecule has 0 aliphatic heterocycles. The summed E-state index contributed by atoms with van der Waals surface area (Å²) in [6.07, 6.45) is 0. The maximum absolute atomic E-state index is 12.5. The molecule has 0 bridgehead atoms. The lowest BCUT2D eigenvalue weighted by Crippen LogP contribution is -2.17. The van der Waals surface area contributed by atoms with Crippen LogP contribution in [0.3, 0.4) is 0 Å². The van der Waals surface area contributed by atoms with E-state index in [1.54, 1.807) is 73.7 Å². The molecule has 4 aromatic rings. The van der Waals surface area contributed by atoms with Gasteiger partial charge in [-0.3, -0.25) is 9.52 Å². The van der Waals surface area contributed by atoms with Crippen molar-refractivity contribution in [2.24, 2.45) is 0 Å². The highest BCUT2D eigenvalue weighted by Crippen LogP contribution is 2.26. The number of sulfonamides is 1. The lowest BCUT2D eigenvalue weighted by atomic mass is 10.2. The molecule has 0 fully saturated rings. The number of rotatable bonds is 10. The Bertz CT molecular complexity index is 1490. The van der Waals surface area contributed by atoms with E-state index in [-0.39, 0.29) is 39.8 Å². The number of hydrogen-bond acceptors (Lipinski definition) is 9. The van der Waals surface area contributed by atoms with Crippen molar-refractivity contribution in [3.8, 4) is 11.5 Å². The van der Waals surface area contributed by atoms with Gasteiger partial charge in [0, 0.05) is 11.3 Å². The van der Waals surface area contributed by atoms with Crippen LogP contribution in [0.5, 0.6) is 0 Å². The highest BCUT2D eigenvalue weighted by atomic mass is 32.2. The van der Waals surface area contributed by atoms with Gasteiger partial charge in [-0.25, -0.2) is 13.2 Å². The van der Waals surface area contributed by atoms with Crippen LogP contribution in [-0.4, -0.2) is 42.9 Å². The van der Waals surface area contributed by atoms with Gasteiger partial charge in [0.2, 0.25) is 11.8 Å². The number of ether oxygens (including phenoxy) is 1. The Morgan fingerprint density at radius 3 is 2.38 bits per heavy atom. The molecule has 0 atom stereocenters. The molecule has 0 radical (unpaired) electrons. The Labute approximate surface area is 217 Å². The van der Waals surface area contributed by atoms with Crippen LogP contribution < -0.4 is 10.0 Å². The molecule has 1 amide bonds. The molecule has 12 heteroatoms. The fourth-order valence-electron chi connectivity index (χ4n) is 3.17. The third kappa shape index (κ3) is 6.74. The number of nitrogens with one attached hydrogen (secondary N) is 2. The number of para-hydroxylation sites is 1. The van der Waals surface area contributed by atoms with E-state index in [0.29, 0.717) is 16.9 Å². The standard InChI is InChI=1S/C25H22N4O6S2/c1-2-34-24(31)20-10-6-7-11-21(20)26-22(30)16-36-25-28-27-23(35-25)17-12-14-18(15-13-17)29-37(32,33)19-8-4-3-5-9-19/h3-15,29H,2,16H2,1H3,(H,26,30). The number of hydrogen-bond donors (Lipinski definition) is 2. The average Bonchev–Trinajstić information content (AvgIpc) is 3.38. The van der Waals surface area contributed by atoms with Crippen LogP contribution in [0.15, 0.2) is 93.4 Å². The first-order valence-electron chi connectivity index (χ1n) is 11.1. The SMILES string of the molecule is CCOC(=O)c1ccccc1NC(=O)CSc1nnc(-c2ccc(NS(=O)(=O)c3ccccc3)cc2)o1. The van der Waals surface area contributed by atoms with E-state index in [9.17, 15) is 18.0 Å². The number of esters is 1. The second-order valence-corrected chi connectivity index (χ2v) is 10.1. The Morgan fingerprint density at radius 1 is 0.946 bits per heavy atom. The number of carbonyl (C=O) groups excluding carboxylic acids is 2. The number of amides is 1. The van der Waals surface area contributed by atoms with Crippen molar-refractivity contribution >= 4 is 45.0 Å². The first kappa shape index (κ1) is 25.9. The Balaban J connectivity index is 1.34. The van der Waals surface area contributed by atoms with Crippen LogP contribution in [-0.2, 0) is 19.6 Å². The maximum Gasteiger partial charge on any atom is 0.340 e. The van der Waals surface area contributed by atoms with Gasteiger partial charge in [0.1, 0.15) is 0 Å². The van der Waals surface area contributed by atoms with Gasteiger partial charge in [0.15, 0.2) is 0 Å². The average molecular weight is 539 g/mol. The molecule has 0 saturated carbocycles. The van der Waals surface area contributed by atoms with Gasteiger partial charge >= 0.3 is 5.97 Å². The van der Waals surface area contributed by atoms with E-state index in [1.807, 2.05) is 0 Å². The van der Waals surface area contributed by atoms with Crippen molar-refractivity contribution in [2.75, 3.05) is 22.4 Å². The molecule has 2 N–H and O–H groups in total. The minimum atomic E-state index is -3.70. The molecule has 1 aromatic heterocycles. The van der Waals surface area contributed by atoms with Crippen molar-refractivity contribution in [1.82, 2.24) is 10.2 Å². The summed E-state index contributed by atoms with van der Waals surface area (Å²) >= 11 is 1.04. The van der Waals surface area contributed by atoms with Crippen LogP contribution in [0.4, 0.5) is 11.4 Å². The summed E-state index contributed by atoms with van der Waals surface area (Å²) in [5, 5.41) is 10.8. The third-order valence-corrected chi connectivity index (χ3v) is 7.08. The highest BCUT2D eigenvalue weighted by molar-refractivity contribution is 7.99. The summed E-state index contributed by atoms with van der Waals surface area (Å²) in [4.78, 5) is 24.7. The van der Waals surface area contributed by atoms with Crippen LogP contribution in [0.2, 0.25) is 0 Å². The van der Waals surface area contributed by atoms with Crippen LogP contribution in [0, 0.1) is 0 Å². The van der Waals surface area contributed by atoms with Gasteiger partial charge in [0.05, 0.1) is 28.5 Å². The van der Waals surface area contributed by atoms with Crippen LogP contribution >= 0.6 is 11.8 Å². The van der Waals surface area contributed by atoms with Gasteiger partial charge in [-0.2, -0.15) is 0 Å². The minimum absolute atomic E-state index is 0.0288. The largest absolute Gasteiger partial charge is 0.462 e. The van der Waals surface area contributed by atoms with Gasteiger partial charge in [-0.05, 0) is 55.5 Å². The van der Waals surface area contributed by atoms with Gasteiger partial charge in [-0.1, -0.05) is 42.1 Å². The van der Waals surface area contributed by atoms with Crippen molar-refractivity contribution < 1.29 is 27.2 Å². The second kappa shape index (κ2) is 11.7. The molecule has 1 heterocycles. The lowest BCUT2D eigenvalue weighted by molar-refractivity contribution is -0.113. The monoisotopic (exact) mass is 538 g/mol. The third-order valence-electron chi connectivity index (χ3n) is 4.87. The molecular weight excluding hydrogens is 516 g/mol.